The number of hydrogen-bond acceptors (Lipinski definition) is 2. The molecule has 96 valence electrons. The fraction of sp³-hybridized carbons (Fsp3) is 0.786. The largest absolute Gasteiger partial charge is 0.314 e. The van der Waals surface area contributed by atoms with Crippen molar-refractivity contribution in [2.45, 2.75) is 52.5 Å². The van der Waals surface area contributed by atoms with Crippen molar-refractivity contribution in [3.8, 4) is 0 Å². The second kappa shape index (κ2) is 4.45. The van der Waals surface area contributed by atoms with Crippen molar-refractivity contribution in [3.63, 3.8) is 0 Å². The molecule has 3 heteroatoms. The number of nitrogens with one attached hydrogen (secondary N) is 1. The molecular weight excluding hydrogens is 210 g/mol. The molecule has 2 rings (SSSR count). The summed E-state index contributed by atoms with van der Waals surface area (Å²) in [6.07, 6.45) is 4.68. The van der Waals surface area contributed by atoms with E-state index in [1.54, 1.807) is 0 Å². The predicted octanol–water partition coefficient (Wildman–Crippen LogP) is 2.61. The molecule has 1 aromatic rings. The minimum atomic E-state index is 0.393. The highest BCUT2D eigenvalue weighted by molar-refractivity contribution is 5.29. The Hall–Kier alpha value is -0.830. The van der Waals surface area contributed by atoms with E-state index < -0.39 is 0 Å². The maximum absolute atomic E-state index is 4.48. The zero-order chi connectivity index (χ0) is 12.6. The van der Waals surface area contributed by atoms with Crippen molar-refractivity contribution in [1.82, 2.24) is 15.1 Å². The minimum Gasteiger partial charge on any atom is -0.314 e. The van der Waals surface area contributed by atoms with Gasteiger partial charge in [-0.3, -0.25) is 4.68 Å². The van der Waals surface area contributed by atoms with Gasteiger partial charge in [0.05, 0.1) is 5.69 Å². The molecule has 17 heavy (non-hydrogen) atoms. The average Bonchev–Trinajstić information content (AvgIpc) is 2.61. The zero-order valence-corrected chi connectivity index (χ0v) is 11.7. The first kappa shape index (κ1) is 12.6. The second-order valence-corrected chi connectivity index (χ2v) is 5.60. The van der Waals surface area contributed by atoms with Crippen molar-refractivity contribution < 1.29 is 0 Å². The van der Waals surface area contributed by atoms with E-state index in [2.05, 4.69) is 44.3 Å². The summed E-state index contributed by atoms with van der Waals surface area (Å²) in [7, 11) is 2.01. The molecule has 0 aliphatic heterocycles. The van der Waals surface area contributed by atoms with Crippen LogP contribution in [0.15, 0.2) is 6.20 Å². The number of nitrogens with zero attached hydrogens (tertiary/aromatic N) is 2. The highest BCUT2D eigenvalue weighted by Gasteiger charge is 2.51. The SMILES string of the molecule is CCNC1CC(c2cn(C)nc2C)C1(C)CC. The maximum atomic E-state index is 4.48. The van der Waals surface area contributed by atoms with Gasteiger partial charge >= 0.3 is 0 Å². The highest BCUT2D eigenvalue weighted by atomic mass is 15.2. The first-order valence-electron chi connectivity index (χ1n) is 6.76. The molecule has 0 spiro atoms. The summed E-state index contributed by atoms with van der Waals surface area (Å²) < 4.78 is 1.95. The Balaban J connectivity index is 2.21. The van der Waals surface area contributed by atoms with Crippen molar-refractivity contribution in [2.24, 2.45) is 12.5 Å². The van der Waals surface area contributed by atoms with E-state index in [0.717, 1.165) is 6.54 Å². The van der Waals surface area contributed by atoms with E-state index in [-0.39, 0.29) is 0 Å². The van der Waals surface area contributed by atoms with Gasteiger partial charge < -0.3 is 5.32 Å². The topological polar surface area (TPSA) is 29.9 Å². The molecule has 0 amide bonds. The minimum absolute atomic E-state index is 0.393. The maximum Gasteiger partial charge on any atom is 0.0628 e. The Morgan fingerprint density at radius 1 is 1.53 bits per heavy atom. The fourth-order valence-electron chi connectivity index (χ4n) is 3.35. The molecule has 3 atom stereocenters. The van der Waals surface area contributed by atoms with Crippen LogP contribution >= 0.6 is 0 Å². The van der Waals surface area contributed by atoms with Gasteiger partial charge in [-0.15, -0.1) is 0 Å². The third kappa shape index (κ3) is 1.90. The number of rotatable bonds is 4. The molecule has 1 aliphatic carbocycles. The van der Waals surface area contributed by atoms with Crippen LogP contribution in [0.2, 0.25) is 0 Å². The van der Waals surface area contributed by atoms with E-state index in [1.807, 2.05) is 11.7 Å². The third-order valence-corrected chi connectivity index (χ3v) is 4.70. The number of aromatic nitrogens is 2. The summed E-state index contributed by atoms with van der Waals surface area (Å²) in [5.74, 6) is 0.672. The van der Waals surface area contributed by atoms with Crippen molar-refractivity contribution in [1.29, 1.82) is 0 Å². The summed E-state index contributed by atoms with van der Waals surface area (Å²) in [6, 6.07) is 0.669. The van der Waals surface area contributed by atoms with Crippen molar-refractivity contribution in [3.05, 3.63) is 17.5 Å². The smallest absolute Gasteiger partial charge is 0.0628 e. The summed E-state index contributed by atoms with van der Waals surface area (Å²) in [5.41, 5.74) is 3.04. The van der Waals surface area contributed by atoms with Gasteiger partial charge in [-0.05, 0) is 43.2 Å². The summed E-state index contributed by atoms with van der Waals surface area (Å²) >= 11 is 0. The average molecular weight is 235 g/mol. The zero-order valence-electron chi connectivity index (χ0n) is 11.7. The van der Waals surface area contributed by atoms with E-state index in [1.165, 1.54) is 24.1 Å². The molecule has 3 nitrogen and oxygen atoms in total. The summed E-state index contributed by atoms with van der Waals surface area (Å²) in [6.45, 7) is 10.1. The number of aryl methyl sites for hydroxylation is 2. The fourth-order valence-corrected chi connectivity index (χ4v) is 3.35. The molecule has 0 radical (unpaired) electrons. The van der Waals surface area contributed by atoms with Crippen LogP contribution in [0.5, 0.6) is 0 Å². The van der Waals surface area contributed by atoms with Crippen LogP contribution < -0.4 is 5.32 Å². The van der Waals surface area contributed by atoms with Gasteiger partial charge in [0.1, 0.15) is 0 Å². The van der Waals surface area contributed by atoms with Crippen LogP contribution in [-0.2, 0) is 7.05 Å². The third-order valence-electron chi connectivity index (χ3n) is 4.70. The monoisotopic (exact) mass is 235 g/mol. The van der Waals surface area contributed by atoms with Gasteiger partial charge in [0.2, 0.25) is 0 Å². The lowest BCUT2D eigenvalue weighted by molar-refractivity contribution is 0.0451. The molecule has 1 aliphatic rings. The molecular formula is C14H25N3. The Morgan fingerprint density at radius 2 is 2.24 bits per heavy atom. The van der Waals surface area contributed by atoms with E-state index >= 15 is 0 Å². The van der Waals surface area contributed by atoms with E-state index in [4.69, 9.17) is 0 Å². The first-order chi connectivity index (χ1) is 8.02. The predicted molar refractivity (Wildman–Crippen MR) is 71.2 cm³/mol. The standard InChI is InChI=1S/C14H25N3/c1-6-14(4)12(8-13(14)15-7-2)11-9-17(5)16-10(11)3/h9,12-13,15H,6-8H2,1-5H3. The molecule has 1 saturated carbocycles. The molecule has 0 bridgehead atoms. The van der Waals surface area contributed by atoms with Gasteiger partial charge in [0.25, 0.3) is 0 Å². The van der Waals surface area contributed by atoms with Gasteiger partial charge in [0.15, 0.2) is 0 Å². The van der Waals surface area contributed by atoms with Crippen LogP contribution in [0.4, 0.5) is 0 Å². The van der Waals surface area contributed by atoms with Gasteiger partial charge in [-0.25, -0.2) is 0 Å². The Kier molecular flexibility index (Phi) is 3.30. The molecule has 0 saturated heterocycles. The van der Waals surface area contributed by atoms with E-state index in [9.17, 15) is 0 Å². The molecule has 0 aromatic carbocycles. The van der Waals surface area contributed by atoms with Crippen LogP contribution in [0, 0.1) is 12.3 Å². The lowest BCUT2D eigenvalue weighted by Gasteiger charge is -2.54. The van der Waals surface area contributed by atoms with Crippen molar-refractivity contribution >= 4 is 0 Å². The Bertz CT molecular complexity index is 396. The van der Waals surface area contributed by atoms with Crippen LogP contribution in [0.25, 0.3) is 0 Å². The van der Waals surface area contributed by atoms with Crippen LogP contribution in [0.3, 0.4) is 0 Å². The summed E-state index contributed by atoms with van der Waals surface area (Å²) in [5, 5.41) is 8.10. The van der Waals surface area contributed by atoms with Gasteiger partial charge in [0, 0.05) is 19.3 Å². The van der Waals surface area contributed by atoms with Crippen molar-refractivity contribution in [2.75, 3.05) is 6.54 Å². The first-order valence-corrected chi connectivity index (χ1v) is 6.76. The van der Waals surface area contributed by atoms with Gasteiger partial charge in [-0.1, -0.05) is 20.8 Å². The quantitative estimate of drug-likeness (QED) is 0.869. The Morgan fingerprint density at radius 3 is 2.71 bits per heavy atom. The molecule has 1 aromatic heterocycles. The second-order valence-electron chi connectivity index (χ2n) is 5.60. The van der Waals surface area contributed by atoms with Crippen LogP contribution in [-0.4, -0.2) is 22.4 Å². The normalized spacial score (nSPS) is 32.5. The molecule has 1 heterocycles. The number of hydrogen-bond donors (Lipinski definition) is 1. The molecule has 1 fully saturated rings. The lowest BCUT2D eigenvalue weighted by atomic mass is 9.54. The highest BCUT2D eigenvalue weighted by Crippen LogP contribution is 2.55. The van der Waals surface area contributed by atoms with Gasteiger partial charge in [-0.2, -0.15) is 5.10 Å². The summed E-state index contributed by atoms with van der Waals surface area (Å²) in [4.78, 5) is 0. The Labute approximate surface area is 105 Å². The van der Waals surface area contributed by atoms with E-state index in [0.29, 0.717) is 17.4 Å². The molecule has 1 N–H and O–H groups in total. The van der Waals surface area contributed by atoms with Crippen LogP contribution in [0.1, 0.15) is 50.8 Å². The lowest BCUT2D eigenvalue weighted by Crippen LogP contribution is -2.56. The molecule has 3 unspecified atom stereocenters.